The Morgan fingerprint density at radius 3 is 2.79 bits per heavy atom. The number of nitrogens with zero attached hydrogens (tertiary/aromatic N) is 4. The summed E-state index contributed by atoms with van der Waals surface area (Å²) in [4.78, 5) is 12.2. The van der Waals surface area contributed by atoms with Gasteiger partial charge in [0, 0.05) is 19.2 Å². The minimum atomic E-state index is -0.222. The van der Waals surface area contributed by atoms with Gasteiger partial charge >= 0.3 is 0 Å². The van der Waals surface area contributed by atoms with Gasteiger partial charge in [0.05, 0.1) is 30.9 Å². The molecule has 1 saturated heterocycles. The van der Waals surface area contributed by atoms with E-state index in [2.05, 4.69) is 27.2 Å². The van der Waals surface area contributed by atoms with E-state index in [9.17, 15) is 4.39 Å². The van der Waals surface area contributed by atoms with E-state index in [1.807, 2.05) is 42.0 Å². The largest absolute Gasteiger partial charge is 0.495 e. The van der Waals surface area contributed by atoms with Gasteiger partial charge in [-0.25, -0.2) is 9.37 Å². The molecule has 2 aliphatic heterocycles. The number of aromatic nitrogens is 2. The molecule has 0 unspecified atom stereocenters. The van der Waals surface area contributed by atoms with Crippen molar-refractivity contribution >= 4 is 11.9 Å². The summed E-state index contributed by atoms with van der Waals surface area (Å²) < 4.78 is 21.1. The fraction of sp³-hybridized carbons (Fsp3) is 0.308. The van der Waals surface area contributed by atoms with E-state index in [-0.39, 0.29) is 11.9 Å². The fourth-order valence-corrected chi connectivity index (χ4v) is 4.60. The number of rotatable bonds is 4. The molecule has 0 saturated carbocycles. The monoisotopic (exact) mass is 446 g/mol. The van der Waals surface area contributed by atoms with Crippen molar-refractivity contribution in [1.29, 1.82) is 0 Å². The number of amidine groups is 1. The third-order valence-electron chi connectivity index (χ3n) is 6.20. The third-order valence-corrected chi connectivity index (χ3v) is 6.20. The van der Waals surface area contributed by atoms with Crippen LogP contribution in [0.15, 0.2) is 65.7 Å². The first-order valence-electron chi connectivity index (χ1n) is 11.2. The summed E-state index contributed by atoms with van der Waals surface area (Å²) in [6, 6.07) is 13.0. The lowest BCUT2D eigenvalue weighted by atomic mass is 9.95. The second-order valence-electron chi connectivity index (χ2n) is 8.42. The quantitative estimate of drug-likeness (QED) is 0.547. The molecule has 2 aromatic carbocycles. The van der Waals surface area contributed by atoms with E-state index < -0.39 is 0 Å². The summed E-state index contributed by atoms with van der Waals surface area (Å²) in [7, 11) is 1.68. The van der Waals surface area contributed by atoms with Crippen molar-refractivity contribution in [2.75, 3.05) is 20.3 Å². The number of piperidine rings is 1. The van der Waals surface area contributed by atoms with E-state index in [1.54, 1.807) is 13.4 Å². The molecule has 1 fully saturated rings. The van der Waals surface area contributed by atoms with Crippen LogP contribution in [0.25, 0.3) is 11.8 Å². The van der Waals surface area contributed by atoms with Crippen LogP contribution in [-0.2, 0) is 4.84 Å². The van der Waals surface area contributed by atoms with E-state index in [0.29, 0.717) is 6.61 Å². The van der Waals surface area contributed by atoms with Gasteiger partial charge in [-0.15, -0.1) is 0 Å². The van der Waals surface area contributed by atoms with Crippen LogP contribution in [0.5, 0.6) is 5.75 Å². The molecular formula is C26H27FN4O2. The van der Waals surface area contributed by atoms with Gasteiger partial charge in [0.25, 0.3) is 0 Å². The molecule has 170 valence electrons. The number of halogens is 1. The highest BCUT2D eigenvalue weighted by molar-refractivity contribution is 6.02. The Morgan fingerprint density at radius 2 is 2.03 bits per heavy atom. The predicted octanol–water partition coefficient (Wildman–Crippen LogP) is 5.28. The van der Waals surface area contributed by atoms with E-state index >= 15 is 0 Å². The molecule has 0 radical (unpaired) electrons. The topological polar surface area (TPSA) is 51.9 Å². The minimum Gasteiger partial charge on any atom is -0.495 e. The van der Waals surface area contributed by atoms with E-state index in [0.717, 1.165) is 65.5 Å². The zero-order valence-electron chi connectivity index (χ0n) is 18.9. The number of oxime groups is 1. The molecule has 0 aliphatic carbocycles. The van der Waals surface area contributed by atoms with Crippen molar-refractivity contribution in [3.8, 4) is 11.4 Å². The Morgan fingerprint density at radius 1 is 1.18 bits per heavy atom. The van der Waals surface area contributed by atoms with Crippen molar-refractivity contribution in [3.63, 3.8) is 0 Å². The summed E-state index contributed by atoms with van der Waals surface area (Å²) in [6.45, 7) is 3.39. The van der Waals surface area contributed by atoms with Crippen molar-refractivity contribution in [1.82, 2.24) is 14.5 Å². The van der Waals surface area contributed by atoms with Crippen LogP contribution in [-0.4, -0.2) is 40.5 Å². The normalized spacial score (nSPS) is 19.5. The van der Waals surface area contributed by atoms with Crippen molar-refractivity contribution in [2.45, 2.75) is 32.2 Å². The Balaban J connectivity index is 1.47. The van der Waals surface area contributed by atoms with Gasteiger partial charge in [0.2, 0.25) is 0 Å². The molecule has 3 heterocycles. The Hall–Kier alpha value is -3.61. The molecular weight excluding hydrogens is 419 g/mol. The zero-order valence-corrected chi connectivity index (χ0v) is 18.9. The van der Waals surface area contributed by atoms with Gasteiger partial charge in [0.1, 0.15) is 18.2 Å². The second kappa shape index (κ2) is 9.10. The average Bonchev–Trinajstić information content (AvgIpc) is 3.14. The number of aryl methyl sites for hydroxylation is 1. The molecule has 0 amide bonds. The first-order chi connectivity index (χ1) is 16.1. The molecule has 1 atom stereocenters. The van der Waals surface area contributed by atoms with E-state index in [4.69, 9.17) is 9.57 Å². The van der Waals surface area contributed by atoms with Crippen molar-refractivity contribution in [3.05, 3.63) is 83.2 Å². The lowest BCUT2D eigenvalue weighted by Gasteiger charge is -2.36. The highest BCUT2D eigenvalue weighted by Gasteiger charge is 2.31. The summed E-state index contributed by atoms with van der Waals surface area (Å²) in [5.41, 5.74) is 5.14. The van der Waals surface area contributed by atoms with Crippen LogP contribution >= 0.6 is 0 Å². The predicted molar refractivity (Wildman–Crippen MR) is 126 cm³/mol. The average molecular weight is 447 g/mol. The maximum Gasteiger partial charge on any atom is 0.171 e. The van der Waals surface area contributed by atoms with Gasteiger partial charge in [-0.05, 0) is 66.8 Å². The maximum atomic E-state index is 13.5. The lowest BCUT2D eigenvalue weighted by molar-refractivity contribution is 0.140. The van der Waals surface area contributed by atoms with Crippen LogP contribution in [0.2, 0.25) is 0 Å². The van der Waals surface area contributed by atoms with Crippen molar-refractivity contribution < 1.29 is 14.0 Å². The third kappa shape index (κ3) is 4.35. The number of benzene rings is 2. The number of methoxy groups -OCH3 is 1. The highest BCUT2D eigenvalue weighted by Crippen LogP contribution is 2.34. The SMILES string of the molecule is COc1cc(/C=C2\CCCN3C2=NOCC[C@@H]3c2ccc(F)cc2)ccc1-n1cnc(C)c1. The standard InChI is InChI=1S/C26H27FN4O2/c1-18-16-30(17-28-18)24-10-5-19(15-25(24)32-2)14-21-4-3-12-31-23(11-13-33-29-26(21)31)20-6-8-22(27)9-7-20/h5-10,14-17,23H,3-4,11-13H2,1-2H3/b21-14+/t23-/m1/s1. The maximum absolute atomic E-state index is 13.5. The number of hydrogen-bond donors (Lipinski definition) is 0. The molecule has 0 N–H and O–H groups in total. The number of ether oxygens (including phenoxy) is 1. The highest BCUT2D eigenvalue weighted by atomic mass is 19.1. The van der Waals surface area contributed by atoms with Crippen LogP contribution in [0.3, 0.4) is 0 Å². The molecule has 1 aromatic heterocycles. The zero-order chi connectivity index (χ0) is 22.8. The number of fused-ring (bicyclic) bond motifs is 1. The van der Waals surface area contributed by atoms with Crippen LogP contribution < -0.4 is 4.74 Å². The molecule has 33 heavy (non-hydrogen) atoms. The van der Waals surface area contributed by atoms with E-state index in [1.165, 1.54) is 12.1 Å². The molecule has 5 rings (SSSR count). The number of imidazole rings is 1. The van der Waals surface area contributed by atoms with Gasteiger partial charge < -0.3 is 19.0 Å². The summed E-state index contributed by atoms with van der Waals surface area (Å²) >= 11 is 0. The first kappa shape index (κ1) is 21.2. The van der Waals surface area contributed by atoms with Gasteiger partial charge in [-0.3, -0.25) is 0 Å². The van der Waals surface area contributed by atoms with Gasteiger partial charge in [-0.1, -0.05) is 23.4 Å². The van der Waals surface area contributed by atoms with Crippen LogP contribution in [0, 0.1) is 12.7 Å². The number of hydrogen-bond acceptors (Lipinski definition) is 5. The molecule has 0 bridgehead atoms. The Labute approximate surface area is 192 Å². The first-order valence-corrected chi connectivity index (χ1v) is 11.2. The molecule has 2 aliphatic rings. The summed E-state index contributed by atoms with van der Waals surface area (Å²) in [5.74, 6) is 1.42. The molecule has 0 spiro atoms. The Kier molecular flexibility index (Phi) is 5.86. The van der Waals surface area contributed by atoms with Gasteiger partial charge in [-0.2, -0.15) is 0 Å². The van der Waals surface area contributed by atoms with Gasteiger partial charge in [0.15, 0.2) is 5.84 Å². The van der Waals surface area contributed by atoms with Crippen molar-refractivity contribution in [2.24, 2.45) is 5.16 Å². The Bertz CT molecular complexity index is 1200. The van der Waals surface area contributed by atoms with Crippen LogP contribution in [0.1, 0.15) is 42.1 Å². The smallest absolute Gasteiger partial charge is 0.171 e. The second-order valence-corrected chi connectivity index (χ2v) is 8.42. The molecule has 3 aromatic rings. The van der Waals surface area contributed by atoms with Crippen LogP contribution in [0.4, 0.5) is 4.39 Å². The lowest BCUT2D eigenvalue weighted by Crippen LogP contribution is -2.39. The summed E-state index contributed by atoms with van der Waals surface area (Å²) in [5, 5.41) is 4.48. The fourth-order valence-electron chi connectivity index (χ4n) is 4.60. The summed E-state index contributed by atoms with van der Waals surface area (Å²) in [6.07, 6.45) is 8.66. The minimum absolute atomic E-state index is 0.108. The molecule has 7 heteroatoms. The molecule has 6 nitrogen and oxygen atoms in total.